The standard InChI is InChI=1S/C48H32N4O8/c53-45(54)29-9-1-25(2-10-29)41-33-17-19-35(49-33)42(26-3-11-30(12-4-26)46(55)56)37-21-23-39(51-37)44(28-7-15-32(16-8-28)48(59)60)40-24-22-38(52-40)43(36-20-18-34(41)50-36)27-5-13-31(14-6-27)47(57)58/h1-21,23,50-51H,22,24H2,(H,53,54)(H,55,56)(H,57,58)(H,59,60)/p-4. The zero-order valence-electron chi connectivity index (χ0n) is 31.3. The number of carbonyl (C=O) groups is 4. The van der Waals surface area contributed by atoms with E-state index in [1.54, 1.807) is 48.5 Å². The Kier molecular flexibility index (Phi) is 9.21. The Hall–Kier alpha value is -8.38. The molecule has 0 saturated heterocycles. The number of hydrogen-bond acceptors (Lipinski definition) is 10. The smallest absolute Gasteiger partial charge is 0.0737 e. The number of fused-ring (bicyclic) bond motifs is 8. The minimum atomic E-state index is -1.32. The average Bonchev–Trinajstić information content (AvgIpc) is 4.10. The lowest BCUT2D eigenvalue weighted by molar-refractivity contribution is -0.256. The second kappa shape index (κ2) is 14.8. The molecule has 2 N–H and O–H groups in total. The van der Waals surface area contributed by atoms with Crippen molar-refractivity contribution in [2.45, 2.75) is 12.8 Å². The Morgan fingerprint density at radius 1 is 0.367 bits per heavy atom. The predicted molar refractivity (Wildman–Crippen MR) is 216 cm³/mol. The van der Waals surface area contributed by atoms with Crippen LogP contribution in [0.2, 0.25) is 0 Å². The van der Waals surface area contributed by atoms with Gasteiger partial charge in [-0.05, 0) is 93.8 Å². The largest absolute Gasteiger partial charge is 0.545 e. The molecule has 0 aliphatic carbocycles. The number of nitrogens with one attached hydrogen (secondary N) is 2. The number of aromatic nitrogens is 4. The average molecular weight is 789 g/mol. The predicted octanol–water partition coefficient (Wildman–Crippen LogP) is 4.39. The van der Waals surface area contributed by atoms with Gasteiger partial charge in [0.05, 0.1) is 46.7 Å². The van der Waals surface area contributed by atoms with E-state index in [-0.39, 0.29) is 22.3 Å². The van der Waals surface area contributed by atoms with Gasteiger partial charge in [-0.15, -0.1) is 0 Å². The van der Waals surface area contributed by atoms with Crippen LogP contribution in [0.15, 0.2) is 121 Å². The molecule has 7 aromatic rings. The minimum absolute atomic E-state index is 0.00185. The van der Waals surface area contributed by atoms with Crippen molar-refractivity contribution >= 4 is 58.1 Å². The van der Waals surface area contributed by atoms with Crippen LogP contribution in [0.4, 0.5) is 0 Å². The molecule has 2 aliphatic heterocycles. The molecule has 60 heavy (non-hydrogen) atoms. The van der Waals surface area contributed by atoms with E-state index in [2.05, 4.69) is 9.97 Å². The molecule has 8 bridgehead atoms. The van der Waals surface area contributed by atoms with Gasteiger partial charge in [-0.25, -0.2) is 4.98 Å². The van der Waals surface area contributed by atoms with Crippen LogP contribution in [-0.2, 0) is 12.8 Å². The third-order valence-corrected chi connectivity index (χ3v) is 10.7. The molecule has 292 valence electrons. The fourth-order valence-corrected chi connectivity index (χ4v) is 7.82. The lowest BCUT2D eigenvalue weighted by Gasteiger charge is -2.09. The van der Waals surface area contributed by atoms with Crippen LogP contribution in [0.3, 0.4) is 0 Å². The highest BCUT2D eigenvalue weighted by Gasteiger charge is 2.21. The summed E-state index contributed by atoms with van der Waals surface area (Å²) in [6, 6.07) is 32.8. The topological polar surface area (TPSA) is 218 Å². The van der Waals surface area contributed by atoms with E-state index in [1.165, 1.54) is 48.5 Å². The highest BCUT2D eigenvalue weighted by molar-refractivity contribution is 5.99. The molecule has 9 rings (SSSR count). The number of carboxylic acids is 4. The van der Waals surface area contributed by atoms with E-state index >= 15 is 0 Å². The molecule has 4 aromatic carbocycles. The fourth-order valence-electron chi connectivity index (χ4n) is 7.82. The number of aryl methyl sites for hydroxylation is 2. The third kappa shape index (κ3) is 6.77. The zero-order chi connectivity index (χ0) is 41.7. The first-order valence-corrected chi connectivity index (χ1v) is 18.8. The van der Waals surface area contributed by atoms with Gasteiger partial charge in [0.25, 0.3) is 0 Å². The van der Waals surface area contributed by atoms with Crippen molar-refractivity contribution in [3.8, 4) is 44.5 Å². The van der Waals surface area contributed by atoms with Crippen LogP contribution >= 0.6 is 0 Å². The number of nitrogens with zero attached hydrogens (tertiary/aromatic N) is 2. The van der Waals surface area contributed by atoms with Crippen molar-refractivity contribution in [1.82, 2.24) is 19.9 Å². The molecule has 0 fully saturated rings. The van der Waals surface area contributed by atoms with Gasteiger partial charge in [-0.1, -0.05) is 97.1 Å². The lowest BCUT2D eigenvalue weighted by atomic mass is 9.99. The first-order valence-electron chi connectivity index (χ1n) is 18.8. The van der Waals surface area contributed by atoms with Gasteiger partial charge in [0.15, 0.2) is 0 Å². The van der Waals surface area contributed by atoms with Crippen molar-refractivity contribution < 1.29 is 39.6 Å². The zero-order valence-corrected chi connectivity index (χ0v) is 31.3. The molecule has 2 aliphatic rings. The van der Waals surface area contributed by atoms with Crippen molar-refractivity contribution in [1.29, 1.82) is 0 Å². The number of aromatic carboxylic acids is 4. The first-order chi connectivity index (χ1) is 29.0. The normalized spacial score (nSPS) is 12.0. The Morgan fingerprint density at radius 2 is 0.633 bits per heavy atom. The monoisotopic (exact) mass is 788 g/mol. The summed E-state index contributed by atoms with van der Waals surface area (Å²) in [5.41, 5.74) is 10.5. The van der Waals surface area contributed by atoms with Crippen LogP contribution in [-0.4, -0.2) is 43.8 Å². The quantitative estimate of drug-likeness (QED) is 0.221. The third-order valence-electron chi connectivity index (χ3n) is 10.7. The van der Waals surface area contributed by atoms with Gasteiger partial charge >= 0.3 is 0 Å². The van der Waals surface area contributed by atoms with Crippen molar-refractivity contribution in [2.75, 3.05) is 0 Å². The Morgan fingerprint density at radius 3 is 0.917 bits per heavy atom. The van der Waals surface area contributed by atoms with Crippen LogP contribution in [0.25, 0.3) is 78.7 Å². The van der Waals surface area contributed by atoms with Crippen LogP contribution in [0.1, 0.15) is 64.2 Å². The van der Waals surface area contributed by atoms with Crippen LogP contribution in [0, 0.1) is 0 Å². The second-order valence-corrected chi connectivity index (χ2v) is 14.3. The number of carboxylic acid groups (broad SMARTS) is 4. The van der Waals surface area contributed by atoms with E-state index < -0.39 is 23.9 Å². The minimum Gasteiger partial charge on any atom is -0.545 e. The van der Waals surface area contributed by atoms with Crippen molar-refractivity contribution in [3.05, 3.63) is 166 Å². The lowest BCUT2D eigenvalue weighted by Crippen LogP contribution is -2.21. The van der Waals surface area contributed by atoms with Crippen molar-refractivity contribution in [2.24, 2.45) is 0 Å². The maximum Gasteiger partial charge on any atom is 0.0737 e. The molecule has 12 nitrogen and oxygen atoms in total. The van der Waals surface area contributed by atoms with E-state index in [9.17, 15) is 39.6 Å². The summed E-state index contributed by atoms with van der Waals surface area (Å²) in [6.45, 7) is 0. The SMILES string of the molecule is O=C([O-])c1ccc(-c2c3nc(c(-c4ccc(C(=O)[O-])cc4)c4ccc([nH]4)c(-c4ccc(C(=O)[O-])cc4)c4nc(c(-c5ccc(C(=O)[O-])cc5)c5ccc2[nH]5)CC4)C=C3)cc1. The number of aromatic amines is 2. The maximum atomic E-state index is 11.7. The molecule has 3 aromatic heterocycles. The Labute approximate surface area is 340 Å². The van der Waals surface area contributed by atoms with Gasteiger partial charge in [-0.3, -0.25) is 4.98 Å². The Balaban J connectivity index is 1.43. The van der Waals surface area contributed by atoms with Gasteiger partial charge in [-0.2, -0.15) is 0 Å². The molecular formula is C48H28N4O8-4. The summed E-state index contributed by atoms with van der Waals surface area (Å²) in [4.78, 5) is 64.4. The molecule has 0 unspecified atom stereocenters. The van der Waals surface area contributed by atoms with Crippen molar-refractivity contribution in [3.63, 3.8) is 0 Å². The molecule has 0 atom stereocenters. The summed E-state index contributed by atoms with van der Waals surface area (Å²) >= 11 is 0. The summed E-state index contributed by atoms with van der Waals surface area (Å²) in [5.74, 6) is -5.25. The first kappa shape index (κ1) is 37.2. The number of carbonyl (C=O) groups excluding carboxylic acids is 4. The molecule has 0 amide bonds. The van der Waals surface area contributed by atoms with Gasteiger partial charge in [0, 0.05) is 44.3 Å². The second-order valence-electron chi connectivity index (χ2n) is 14.3. The van der Waals surface area contributed by atoms with E-state index in [0.29, 0.717) is 102 Å². The van der Waals surface area contributed by atoms with Crippen LogP contribution < -0.4 is 20.4 Å². The van der Waals surface area contributed by atoms with E-state index in [4.69, 9.17) is 9.97 Å². The summed E-state index contributed by atoms with van der Waals surface area (Å²) < 4.78 is 0. The van der Waals surface area contributed by atoms with Gasteiger partial charge in [0.2, 0.25) is 0 Å². The molecule has 5 heterocycles. The van der Waals surface area contributed by atoms with Gasteiger partial charge in [0.1, 0.15) is 0 Å². The van der Waals surface area contributed by atoms with Gasteiger partial charge < -0.3 is 49.6 Å². The molecule has 0 saturated carbocycles. The molecule has 12 heteroatoms. The highest BCUT2D eigenvalue weighted by atomic mass is 16.4. The summed E-state index contributed by atoms with van der Waals surface area (Å²) in [7, 11) is 0. The summed E-state index contributed by atoms with van der Waals surface area (Å²) in [5, 5.41) is 46.9. The highest BCUT2D eigenvalue weighted by Crippen LogP contribution is 2.38. The fraction of sp³-hybridized carbons (Fsp3) is 0.0417. The van der Waals surface area contributed by atoms with Crippen LogP contribution in [0.5, 0.6) is 0 Å². The number of rotatable bonds is 8. The Bertz CT molecular complexity index is 2920. The summed E-state index contributed by atoms with van der Waals surface area (Å²) in [6.07, 6.45) is 4.67. The maximum absolute atomic E-state index is 11.7. The van der Waals surface area contributed by atoms with E-state index in [1.807, 2.05) is 36.4 Å². The molecule has 0 radical (unpaired) electrons. The number of H-pyrrole nitrogens is 2. The molecule has 0 spiro atoms. The number of hydrogen-bond donors (Lipinski definition) is 2. The number of benzene rings is 4. The van der Waals surface area contributed by atoms with E-state index in [0.717, 1.165) is 0 Å². The molecular weight excluding hydrogens is 761 g/mol.